The molecule has 0 fully saturated rings. The molecule has 90 valence electrons. The molecule has 1 atom stereocenters. The second kappa shape index (κ2) is 4.99. The number of allylic oxidation sites excluding steroid dienone is 3. The lowest BCUT2D eigenvalue weighted by Crippen LogP contribution is -2.35. The first-order valence-corrected chi connectivity index (χ1v) is 6.26. The van der Waals surface area contributed by atoms with Crippen molar-refractivity contribution < 1.29 is 4.79 Å². The van der Waals surface area contributed by atoms with E-state index in [1.807, 2.05) is 0 Å². The van der Waals surface area contributed by atoms with Crippen LogP contribution in [0.2, 0.25) is 0 Å². The van der Waals surface area contributed by atoms with Gasteiger partial charge in [-0.05, 0) is 31.6 Å². The maximum absolute atomic E-state index is 12.2. The molecule has 0 aromatic heterocycles. The van der Waals surface area contributed by atoms with Crippen molar-refractivity contribution in [1.29, 1.82) is 0 Å². The molecule has 0 aromatic carbocycles. The summed E-state index contributed by atoms with van der Waals surface area (Å²) in [6.45, 7) is 12.5. The maximum Gasteiger partial charge on any atom is 0.144 e. The lowest BCUT2D eigenvalue weighted by Gasteiger charge is -2.40. The molecule has 0 bridgehead atoms. The molecule has 0 N–H and O–H groups in total. The molecule has 1 rings (SSSR count). The third-order valence-electron chi connectivity index (χ3n) is 3.87. The topological polar surface area (TPSA) is 17.1 Å². The SMILES string of the molecule is C=CCC(=O)C1C(CC)=C(C)CCC1(C)C. The van der Waals surface area contributed by atoms with Crippen molar-refractivity contribution in [2.24, 2.45) is 11.3 Å². The summed E-state index contributed by atoms with van der Waals surface area (Å²) in [7, 11) is 0. The molecule has 1 unspecified atom stereocenters. The Bertz CT molecular complexity index is 320. The summed E-state index contributed by atoms with van der Waals surface area (Å²) in [5.41, 5.74) is 2.93. The molecule has 1 aliphatic rings. The molecule has 1 nitrogen and oxygen atoms in total. The summed E-state index contributed by atoms with van der Waals surface area (Å²) in [4.78, 5) is 12.2. The third-order valence-corrected chi connectivity index (χ3v) is 3.87. The summed E-state index contributed by atoms with van der Waals surface area (Å²) < 4.78 is 0. The van der Waals surface area contributed by atoms with Gasteiger partial charge in [0.2, 0.25) is 0 Å². The van der Waals surface area contributed by atoms with Crippen molar-refractivity contribution in [2.75, 3.05) is 0 Å². The Kier molecular flexibility index (Phi) is 4.12. The molecule has 1 heteroatoms. The summed E-state index contributed by atoms with van der Waals surface area (Å²) in [6.07, 6.45) is 5.51. The highest BCUT2D eigenvalue weighted by molar-refractivity contribution is 5.86. The molecule has 1 aliphatic carbocycles. The molecular weight excluding hydrogens is 196 g/mol. The van der Waals surface area contributed by atoms with E-state index in [1.54, 1.807) is 6.08 Å². The summed E-state index contributed by atoms with van der Waals surface area (Å²) in [6, 6.07) is 0. The average molecular weight is 220 g/mol. The van der Waals surface area contributed by atoms with Crippen LogP contribution in [0.1, 0.15) is 53.4 Å². The minimum Gasteiger partial charge on any atom is -0.299 e. The van der Waals surface area contributed by atoms with Crippen LogP contribution in [-0.4, -0.2) is 5.78 Å². The van der Waals surface area contributed by atoms with Crippen LogP contribution >= 0.6 is 0 Å². The van der Waals surface area contributed by atoms with Gasteiger partial charge < -0.3 is 0 Å². The van der Waals surface area contributed by atoms with Crippen LogP contribution in [0.25, 0.3) is 0 Å². The van der Waals surface area contributed by atoms with E-state index in [0.29, 0.717) is 12.2 Å². The molecular formula is C15H24O. The van der Waals surface area contributed by atoms with E-state index in [9.17, 15) is 4.79 Å². The minimum absolute atomic E-state index is 0.115. The second-order valence-electron chi connectivity index (χ2n) is 5.54. The van der Waals surface area contributed by atoms with Crippen LogP contribution in [0, 0.1) is 11.3 Å². The molecule has 16 heavy (non-hydrogen) atoms. The normalized spacial score (nSPS) is 24.4. The highest BCUT2D eigenvalue weighted by atomic mass is 16.1. The van der Waals surface area contributed by atoms with Gasteiger partial charge in [-0.15, -0.1) is 6.58 Å². The molecule has 0 amide bonds. The monoisotopic (exact) mass is 220 g/mol. The van der Waals surface area contributed by atoms with Gasteiger partial charge >= 0.3 is 0 Å². The number of Topliss-reactive ketones (excluding diaryl/α,β-unsaturated/α-hetero) is 1. The Morgan fingerprint density at radius 2 is 2.19 bits per heavy atom. The number of hydrogen-bond donors (Lipinski definition) is 0. The van der Waals surface area contributed by atoms with Gasteiger partial charge in [0, 0.05) is 12.3 Å². The van der Waals surface area contributed by atoms with Crippen molar-refractivity contribution in [3.8, 4) is 0 Å². The fourth-order valence-electron chi connectivity index (χ4n) is 2.93. The van der Waals surface area contributed by atoms with Gasteiger partial charge in [0.1, 0.15) is 5.78 Å². The van der Waals surface area contributed by atoms with E-state index in [-0.39, 0.29) is 11.3 Å². The predicted molar refractivity (Wildman–Crippen MR) is 69.3 cm³/mol. The van der Waals surface area contributed by atoms with Gasteiger partial charge in [-0.1, -0.05) is 38.0 Å². The third kappa shape index (κ3) is 2.45. The highest BCUT2D eigenvalue weighted by Gasteiger charge is 2.39. The van der Waals surface area contributed by atoms with E-state index < -0.39 is 0 Å². The first kappa shape index (κ1) is 13.2. The number of carbonyl (C=O) groups is 1. The number of ketones is 1. The molecule has 0 spiro atoms. The van der Waals surface area contributed by atoms with Gasteiger partial charge in [-0.25, -0.2) is 0 Å². The van der Waals surface area contributed by atoms with Crippen LogP contribution in [0.3, 0.4) is 0 Å². The quantitative estimate of drug-likeness (QED) is 0.646. The van der Waals surface area contributed by atoms with E-state index in [4.69, 9.17) is 0 Å². The Hall–Kier alpha value is -0.850. The van der Waals surface area contributed by atoms with Crippen molar-refractivity contribution in [3.05, 3.63) is 23.8 Å². The molecule has 0 saturated heterocycles. The van der Waals surface area contributed by atoms with Crippen LogP contribution < -0.4 is 0 Å². The van der Waals surface area contributed by atoms with E-state index in [2.05, 4.69) is 34.3 Å². The lowest BCUT2D eigenvalue weighted by molar-refractivity contribution is -0.124. The average Bonchev–Trinajstić information content (AvgIpc) is 2.21. The molecule has 0 radical (unpaired) electrons. The first-order chi connectivity index (χ1) is 7.44. The zero-order chi connectivity index (χ0) is 12.3. The van der Waals surface area contributed by atoms with Gasteiger partial charge in [-0.3, -0.25) is 4.79 Å². The van der Waals surface area contributed by atoms with Crippen molar-refractivity contribution in [2.45, 2.75) is 53.4 Å². The summed E-state index contributed by atoms with van der Waals surface area (Å²) in [5, 5.41) is 0. The summed E-state index contributed by atoms with van der Waals surface area (Å²) >= 11 is 0. The van der Waals surface area contributed by atoms with Crippen LogP contribution in [0.4, 0.5) is 0 Å². The zero-order valence-electron chi connectivity index (χ0n) is 11.1. The fraction of sp³-hybridized carbons (Fsp3) is 0.667. The minimum atomic E-state index is 0.115. The van der Waals surface area contributed by atoms with Crippen molar-refractivity contribution in [1.82, 2.24) is 0 Å². The first-order valence-electron chi connectivity index (χ1n) is 6.26. The van der Waals surface area contributed by atoms with Crippen LogP contribution in [0.5, 0.6) is 0 Å². The molecule has 0 aliphatic heterocycles. The zero-order valence-corrected chi connectivity index (χ0v) is 11.1. The Morgan fingerprint density at radius 1 is 1.56 bits per heavy atom. The Balaban J connectivity index is 3.10. The largest absolute Gasteiger partial charge is 0.299 e. The van der Waals surface area contributed by atoms with Gasteiger partial charge in [0.15, 0.2) is 0 Å². The van der Waals surface area contributed by atoms with Gasteiger partial charge in [0.25, 0.3) is 0 Å². The Labute approximate surface area is 99.6 Å². The van der Waals surface area contributed by atoms with E-state index in [0.717, 1.165) is 19.3 Å². The van der Waals surface area contributed by atoms with Crippen molar-refractivity contribution >= 4 is 5.78 Å². The smallest absolute Gasteiger partial charge is 0.144 e. The van der Waals surface area contributed by atoms with Crippen LogP contribution in [-0.2, 0) is 4.79 Å². The Morgan fingerprint density at radius 3 is 2.69 bits per heavy atom. The standard InChI is InChI=1S/C15H24O/c1-6-8-13(16)14-12(7-2)11(3)9-10-15(14,4)5/h6,14H,1,7-10H2,2-5H3. The molecule has 0 heterocycles. The van der Waals surface area contributed by atoms with Crippen molar-refractivity contribution in [3.63, 3.8) is 0 Å². The second-order valence-corrected chi connectivity index (χ2v) is 5.54. The fourth-order valence-corrected chi connectivity index (χ4v) is 2.93. The van der Waals surface area contributed by atoms with Gasteiger partial charge in [0.05, 0.1) is 0 Å². The number of hydrogen-bond acceptors (Lipinski definition) is 1. The van der Waals surface area contributed by atoms with E-state index in [1.165, 1.54) is 11.1 Å². The van der Waals surface area contributed by atoms with E-state index >= 15 is 0 Å². The number of rotatable bonds is 4. The number of carbonyl (C=O) groups excluding carboxylic acids is 1. The lowest BCUT2D eigenvalue weighted by atomic mass is 9.63. The highest BCUT2D eigenvalue weighted by Crippen LogP contribution is 2.45. The summed E-state index contributed by atoms with van der Waals surface area (Å²) in [5.74, 6) is 0.458. The predicted octanol–water partition coefficient (Wildman–Crippen LogP) is 4.29. The van der Waals surface area contributed by atoms with Gasteiger partial charge in [-0.2, -0.15) is 0 Å². The molecule has 0 saturated carbocycles. The molecule has 0 aromatic rings. The maximum atomic E-state index is 12.2. The van der Waals surface area contributed by atoms with Crippen LogP contribution in [0.15, 0.2) is 23.8 Å².